The molecule has 0 bridgehead atoms. The van der Waals surface area contributed by atoms with Crippen LogP contribution in [-0.4, -0.2) is 38.5 Å². The molecular formula is C13H22BrN3O. The number of aromatic nitrogens is 2. The molecule has 2 rings (SSSR count). The molecule has 0 unspecified atom stereocenters. The fourth-order valence-corrected chi connectivity index (χ4v) is 2.83. The van der Waals surface area contributed by atoms with Crippen molar-refractivity contribution < 1.29 is 5.11 Å². The number of likely N-dealkylation sites (tertiary alicyclic amines) is 1. The third kappa shape index (κ3) is 2.95. The Morgan fingerprint density at radius 3 is 2.56 bits per heavy atom. The van der Waals surface area contributed by atoms with E-state index in [2.05, 4.69) is 37.5 Å². The maximum Gasteiger partial charge on any atom is 0.0739 e. The molecule has 1 aliphatic rings. The summed E-state index contributed by atoms with van der Waals surface area (Å²) in [5.41, 5.74) is 1.82. The van der Waals surface area contributed by atoms with E-state index >= 15 is 0 Å². The second-order valence-electron chi connectivity index (χ2n) is 5.43. The summed E-state index contributed by atoms with van der Waals surface area (Å²) in [7, 11) is 0. The highest BCUT2D eigenvalue weighted by Crippen LogP contribution is 2.26. The Morgan fingerprint density at radius 1 is 1.39 bits per heavy atom. The van der Waals surface area contributed by atoms with E-state index in [9.17, 15) is 5.11 Å². The molecule has 0 aliphatic carbocycles. The second kappa shape index (κ2) is 5.31. The van der Waals surface area contributed by atoms with Gasteiger partial charge in [-0.3, -0.25) is 9.58 Å². The first-order chi connectivity index (χ1) is 8.43. The molecule has 102 valence electrons. The smallest absolute Gasteiger partial charge is 0.0739 e. The lowest BCUT2D eigenvalue weighted by molar-refractivity contribution is -0.00789. The van der Waals surface area contributed by atoms with Crippen molar-refractivity contribution in [1.29, 1.82) is 0 Å². The lowest BCUT2D eigenvalue weighted by Gasteiger charge is -2.35. The zero-order valence-corrected chi connectivity index (χ0v) is 13.0. The Bertz CT molecular complexity index is 418. The number of hydrogen-bond acceptors (Lipinski definition) is 3. The standard InChI is InChI=1S/C13H22BrN3O/c1-4-17-11(12(14)10(2)15-17)9-16-7-5-13(3,18)6-8-16/h18H,4-9H2,1-3H3. The SMILES string of the molecule is CCn1nc(C)c(Br)c1CN1CCC(C)(O)CC1. The molecule has 0 aromatic carbocycles. The summed E-state index contributed by atoms with van der Waals surface area (Å²) in [6, 6.07) is 0. The van der Waals surface area contributed by atoms with Crippen LogP contribution in [0.2, 0.25) is 0 Å². The molecule has 1 saturated heterocycles. The third-order valence-electron chi connectivity index (χ3n) is 3.76. The average Bonchev–Trinajstić information content (AvgIpc) is 2.59. The molecule has 0 saturated carbocycles. The topological polar surface area (TPSA) is 41.3 Å². The van der Waals surface area contributed by atoms with Crippen molar-refractivity contribution >= 4 is 15.9 Å². The van der Waals surface area contributed by atoms with Crippen molar-refractivity contribution in [2.24, 2.45) is 0 Å². The number of aryl methyl sites for hydroxylation is 2. The van der Waals surface area contributed by atoms with Gasteiger partial charge in [-0.2, -0.15) is 5.10 Å². The van der Waals surface area contributed by atoms with Crippen LogP contribution in [-0.2, 0) is 13.1 Å². The van der Waals surface area contributed by atoms with Crippen molar-refractivity contribution in [3.63, 3.8) is 0 Å². The monoisotopic (exact) mass is 315 g/mol. The van der Waals surface area contributed by atoms with Crippen molar-refractivity contribution in [3.05, 3.63) is 15.9 Å². The van der Waals surface area contributed by atoms with Crippen molar-refractivity contribution in [3.8, 4) is 0 Å². The fraction of sp³-hybridized carbons (Fsp3) is 0.769. The van der Waals surface area contributed by atoms with Gasteiger partial charge in [0.15, 0.2) is 0 Å². The summed E-state index contributed by atoms with van der Waals surface area (Å²) in [4.78, 5) is 2.39. The normalized spacial score (nSPS) is 20.3. The van der Waals surface area contributed by atoms with Gasteiger partial charge in [-0.15, -0.1) is 0 Å². The second-order valence-corrected chi connectivity index (χ2v) is 6.23. The molecule has 4 nitrogen and oxygen atoms in total. The molecule has 0 spiro atoms. The number of hydrogen-bond donors (Lipinski definition) is 1. The Hall–Kier alpha value is -0.390. The molecule has 2 heterocycles. The summed E-state index contributed by atoms with van der Waals surface area (Å²) in [5.74, 6) is 0. The van der Waals surface area contributed by atoms with Crippen LogP contribution in [0.15, 0.2) is 4.47 Å². The van der Waals surface area contributed by atoms with Gasteiger partial charge in [0.05, 0.1) is 21.5 Å². The average molecular weight is 316 g/mol. The summed E-state index contributed by atoms with van der Waals surface area (Å²) >= 11 is 3.63. The quantitative estimate of drug-likeness (QED) is 0.930. The highest BCUT2D eigenvalue weighted by Gasteiger charge is 2.28. The Labute approximate surface area is 117 Å². The maximum atomic E-state index is 9.96. The predicted octanol–water partition coefficient (Wildman–Crippen LogP) is 2.32. The number of piperidine rings is 1. The number of aliphatic hydroxyl groups is 1. The molecular weight excluding hydrogens is 294 g/mol. The van der Waals surface area contributed by atoms with Crippen LogP contribution in [0.3, 0.4) is 0 Å². The number of nitrogens with zero attached hydrogens (tertiary/aromatic N) is 3. The summed E-state index contributed by atoms with van der Waals surface area (Å²) < 4.78 is 3.19. The molecule has 1 aromatic heterocycles. The van der Waals surface area contributed by atoms with E-state index in [0.717, 1.165) is 49.2 Å². The van der Waals surface area contributed by atoms with E-state index in [1.807, 2.05) is 13.8 Å². The minimum absolute atomic E-state index is 0.478. The van der Waals surface area contributed by atoms with Gasteiger partial charge in [-0.1, -0.05) is 0 Å². The Balaban J connectivity index is 2.06. The first kappa shape index (κ1) is 14.0. The predicted molar refractivity (Wildman–Crippen MR) is 75.5 cm³/mol. The molecule has 0 amide bonds. The lowest BCUT2D eigenvalue weighted by atomic mass is 9.94. The summed E-state index contributed by atoms with van der Waals surface area (Å²) in [5, 5.41) is 14.5. The number of rotatable bonds is 3. The first-order valence-corrected chi connectivity index (χ1v) is 7.39. The molecule has 1 aliphatic heterocycles. The van der Waals surface area contributed by atoms with Crippen LogP contribution < -0.4 is 0 Å². The van der Waals surface area contributed by atoms with E-state index in [-0.39, 0.29) is 0 Å². The van der Waals surface area contributed by atoms with E-state index in [0.29, 0.717) is 0 Å². The summed E-state index contributed by atoms with van der Waals surface area (Å²) in [6.07, 6.45) is 1.70. The van der Waals surface area contributed by atoms with Gasteiger partial charge in [0.25, 0.3) is 0 Å². The Kier molecular flexibility index (Phi) is 4.14. The lowest BCUT2D eigenvalue weighted by Crippen LogP contribution is -2.42. The molecule has 5 heteroatoms. The molecule has 1 fully saturated rings. The van der Waals surface area contributed by atoms with Crippen LogP contribution in [0.1, 0.15) is 38.1 Å². The van der Waals surface area contributed by atoms with Gasteiger partial charge in [0, 0.05) is 26.2 Å². The minimum Gasteiger partial charge on any atom is -0.390 e. The highest BCUT2D eigenvalue weighted by atomic mass is 79.9. The van der Waals surface area contributed by atoms with Gasteiger partial charge in [-0.05, 0) is 49.5 Å². The van der Waals surface area contributed by atoms with Crippen molar-refractivity contribution in [1.82, 2.24) is 14.7 Å². The zero-order chi connectivity index (χ0) is 13.3. The largest absolute Gasteiger partial charge is 0.390 e. The van der Waals surface area contributed by atoms with Crippen molar-refractivity contribution in [2.45, 2.75) is 52.3 Å². The maximum absolute atomic E-state index is 9.96. The Morgan fingerprint density at radius 2 is 2.00 bits per heavy atom. The molecule has 0 radical (unpaired) electrons. The van der Waals surface area contributed by atoms with Gasteiger partial charge in [0.2, 0.25) is 0 Å². The highest BCUT2D eigenvalue weighted by molar-refractivity contribution is 9.10. The van der Waals surface area contributed by atoms with Gasteiger partial charge >= 0.3 is 0 Å². The molecule has 1 aromatic rings. The summed E-state index contributed by atoms with van der Waals surface area (Å²) in [6.45, 7) is 9.78. The number of halogens is 1. The molecule has 18 heavy (non-hydrogen) atoms. The van der Waals surface area contributed by atoms with Gasteiger partial charge in [-0.25, -0.2) is 0 Å². The van der Waals surface area contributed by atoms with Gasteiger partial charge in [0.1, 0.15) is 0 Å². The van der Waals surface area contributed by atoms with Gasteiger partial charge < -0.3 is 5.11 Å². The molecule has 1 N–H and O–H groups in total. The molecule has 0 atom stereocenters. The first-order valence-electron chi connectivity index (χ1n) is 6.59. The van der Waals surface area contributed by atoms with Crippen LogP contribution in [0, 0.1) is 6.92 Å². The van der Waals surface area contributed by atoms with Crippen LogP contribution in [0.25, 0.3) is 0 Å². The van der Waals surface area contributed by atoms with Crippen molar-refractivity contribution in [2.75, 3.05) is 13.1 Å². The van der Waals surface area contributed by atoms with Crippen LogP contribution >= 0.6 is 15.9 Å². The van der Waals surface area contributed by atoms with E-state index in [1.54, 1.807) is 0 Å². The van der Waals surface area contributed by atoms with Crippen LogP contribution in [0.5, 0.6) is 0 Å². The minimum atomic E-state index is -0.478. The fourth-order valence-electron chi connectivity index (χ4n) is 2.42. The van der Waals surface area contributed by atoms with E-state index < -0.39 is 5.60 Å². The van der Waals surface area contributed by atoms with E-state index in [1.165, 1.54) is 5.69 Å². The van der Waals surface area contributed by atoms with Crippen LogP contribution in [0.4, 0.5) is 0 Å². The zero-order valence-electron chi connectivity index (χ0n) is 11.4. The third-order valence-corrected chi connectivity index (χ3v) is 4.79. The van der Waals surface area contributed by atoms with E-state index in [4.69, 9.17) is 0 Å².